The number of amides is 1. The number of rotatable bonds is 6. The highest BCUT2D eigenvalue weighted by molar-refractivity contribution is 7.10. The van der Waals surface area contributed by atoms with Gasteiger partial charge in [0.1, 0.15) is 6.54 Å². The SMILES string of the molecule is COC(=O)CC(NC(=O)Cn1ccc2ccc(Cl)cc21)c1cccs1. The molecule has 0 radical (unpaired) electrons. The number of thiophene rings is 1. The number of carbonyl (C=O) groups excluding carboxylic acids is 2. The van der Waals surface area contributed by atoms with Crippen molar-refractivity contribution in [1.82, 2.24) is 9.88 Å². The van der Waals surface area contributed by atoms with Crippen LogP contribution in [0.5, 0.6) is 0 Å². The van der Waals surface area contributed by atoms with Crippen LogP contribution in [0.1, 0.15) is 17.3 Å². The van der Waals surface area contributed by atoms with Gasteiger partial charge in [-0.3, -0.25) is 9.59 Å². The molecule has 130 valence electrons. The molecule has 0 aliphatic rings. The Kier molecular flexibility index (Phi) is 5.40. The molecule has 0 fully saturated rings. The predicted octanol–water partition coefficient (Wildman–Crippen LogP) is 3.78. The molecule has 2 aromatic heterocycles. The Morgan fingerprint density at radius 3 is 2.88 bits per heavy atom. The molecule has 0 bridgehead atoms. The minimum Gasteiger partial charge on any atom is -0.469 e. The zero-order valence-corrected chi connectivity index (χ0v) is 15.1. The second-order valence-electron chi connectivity index (χ2n) is 5.56. The number of fused-ring (bicyclic) bond motifs is 1. The van der Waals surface area contributed by atoms with Crippen LogP contribution in [0.4, 0.5) is 0 Å². The summed E-state index contributed by atoms with van der Waals surface area (Å²) in [4.78, 5) is 25.1. The van der Waals surface area contributed by atoms with E-state index < -0.39 is 6.04 Å². The van der Waals surface area contributed by atoms with E-state index in [1.165, 1.54) is 18.4 Å². The van der Waals surface area contributed by atoms with Gasteiger partial charge in [-0.2, -0.15) is 0 Å². The monoisotopic (exact) mass is 376 g/mol. The molecular weight excluding hydrogens is 360 g/mol. The summed E-state index contributed by atoms with van der Waals surface area (Å²) in [5, 5.41) is 6.46. The molecule has 7 heteroatoms. The Balaban J connectivity index is 1.74. The van der Waals surface area contributed by atoms with Crippen LogP contribution in [-0.4, -0.2) is 23.6 Å². The highest BCUT2D eigenvalue weighted by atomic mass is 35.5. The van der Waals surface area contributed by atoms with E-state index in [4.69, 9.17) is 16.3 Å². The van der Waals surface area contributed by atoms with Crippen molar-refractivity contribution in [3.8, 4) is 0 Å². The van der Waals surface area contributed by atoms with Crippen LogP contribution >= 0.6 is 22.9 Å². The average molecular weight is 377 g/mol. The maximum Gasteiger partial charge on any atom is 0.307 e. The minimum atomic E-state index is -0.398. The molecule has 0 saturated heterocycles. The third-order valence-corrected chi connectivity index (χ3v) is 5.09. The van der Waals surface area contributed by atoms with Gasteiger partial charge in [0.05, 0.1) is 19.6 Å². The number of hydrogen-bond donors (Lipinski definition) is 1. The van der Waals surface area contributed by atoms with E-state index >= 15 is 0 Å². The zero-order chi connectivity index (χ0) is 17.8. The molecule has 5 nitrogen and oxygen atoms in total. The van der Waals surface area contributed by atoms with Gasteiger partial charge in [0.25, 0.3) is 0 Å². The van der Waals surface area contributed by atoms with E-state index in [-0.39, 0.29) is 24.8 Å². The van der Waals surface area contributed by atoms with E-state index in [1.54, 1.807) is 0 Å². The highest BCUT2D eigenvalue weighted by Gasteiger charge is 2.20. The molecule has 0 spiro atoms. The van der Waals surface area contributed by atoms with E-state index in [0.29, 0.717) is 5.02 Å². The van der Waals surface area contributed by atoms with Crippen LogP contribution in [0.15, 0.2) is 48.0 Å². The fourth-order valence-corrected chi connectivity index (χ4v) is 3.60. The molecule has 1 unspecified atom stereocenters. The lowest BCUT2D eigenvalue weighted by molar-refractivity contribution is -0.141. The van der Waals surface area contributed by atoms with Crippen LogP contribution in [0, 0.1) is 0 Å². The summed E-state index contributed by atoms with van der Waals surface area (Å²) in [5.41, 5.74) is 0.892. The van der Waals surface area contributed by atoms with Gasteiger partial charge in [-0.1, -0.05) is 23.7 Å². The smallest absolute Gasteiger partial charge is 0.307 e. The number of carbonyl (C=O) groups is 2. The molecule has 0 aliphatic carbocycles. The molecule has 0 saturated carbocycles. The molecule has 3 aromatic rings. The lowest BCUT2D eigenvalue weighted by Gasteiger charge is -2.17. The topological polar surface area (TPSA) is 60.3 Å². The summed E-state index contributed by atoms with van der Waals surface area (Å²) in [6, 6.07) is 10.9. The van der Waals surface area contributed by atoms with Gasteiger partial charge in [0.15, 0.2) is 0 Å². The Hall–Kier alpha value is -2.31. The zero-order valence-electron chi connectivity index (χ0n) is 13.6. The Morgan fingerprint density at radius 1 is 1.32 bits per heavy atom. The summed E-state index contributed by atoms with van der Waals surface area (Å²) in [6.45, 7) is 0.146. The first-order valence-electron chi connectivity index (χ1n) is 7.71. The largest absolute Gasteiger partial charge is 0.469 e. The third-order valence-electron chi connectivity index (χ3n) is 3.87. The molecule has 1 aromatic carbocycles. The number of hydrogen-bond acceptors (Lipinski definition) is 4. The van der Waals surface area contributed by atoms with Crippen LogP contribution < -0.4 is 5.32 Å². The maximum absolute atomic E-state index is 12.5. The summed E-state index contributed by atoms with van der Waals surface area (Å²) in [7, 11) is 1.34. The van der Waals surface area contributed by atoms with Gasteiger partial charge < -0.3 is 14.6 Å². The number of halogens is 1. The van der Waals surface area contributed by atoms with Crippen LogP contribution in [0.2, 0.25) is 5.02 Å². The summed E-state index contributed by atoms with van der Waals surface area (Å²) in [5.74, 6) is -0.545. The standard InChI is InChI=1S/C18H17ClN2O3S/c1-24-18(23)10-14(16-3-2-8-25-16)20-17(22)11-21-7-6-12-4-5-13(19)9-15(12)21/h2-9,14H,10-11H2,1H3,(H,20,22). The third kappa shape index (κ3) is 4.21. The van der Waals surface area contributed by atoms with Crippen LogP contribution in [0.25, 0.3) is 10.9 Å². The van der Waals surface area contributed by atoms with E-state index in [0.717, 1.165) is 15.8 Å². The van der Waals surface area contributed by atoms with Crippen molar-refractivity contribution in [2.75, 3.05) is 7.11 Å². The maximum atomic E-state index is 12.5. The van der Waals surface area contributed by atoms with Crippen molar-refractivity contribution in [2.45, 2.75) is 19.0 Å². The quantitative estimate of drug-likeness (QED) is 0.666. The number of methoxy groups -OCH3 is 1. The van der Waals surface area contributed by atoms with Gasteiger partial charge >= 0.3 is 5.97 Å². The Bertz CT molecular complexity index is 889. The average Bonchev–Trinajstić information content (AvgIpc) is 3.24. The number of esters is 1. The predicted molar refractivity (Wildman–Crippen MR) is 98.8 cm³/mol. The molecule has 1 atom stereocenters. The lowest BCUT2D eigenvalue weighted by atomic mass is 10.1. The minimum absolute atomic E-state index is 0.0982. The molecule has 25 heavy (non-hydrogen) atoms. The molecule has 0 aliphatic heterocycles. The molecule has 3 rings (SSSR count). The van der Waals surface area contributed by atoms with Crippen molar-refractivity contribution in [1.29, 1.82) is 0 Å². The van der Waals surface area contributed by atoms with Crippen LogP contribution in [0.3, 0.4) is 0 Å². The van der Waals surface area contributed by atoms with E-state index in [9.17, 15) is 9.59 Å². The number of aromatic nitrogens is 1. The van der Waals surface area contributed by atoms with Gasteiger partial charge in [0, 0.05) is 21.6 Å². The number of nitrogens with one attached hydrogen (secondary N) is 1. The number of nitrogens with zero attached hydrogens (tertiary/aromatic N) is 1. The first kappa shape index (κ1) is 17.5. The summed E-state index contributed by atoms with van der Waals surface area (Å²) < 4.78 is 6.57. The van der Waals surface area contributed by atoms with Crippen molar-refractivity contribution in [3.05, 3.63) is 57.9 Å². The Labute approximate surface area is 154 Å². The van der Waals surface area contributed by atoms with Gasteiger partial charge in [-0.25, -0.2) is 0 Å². The van der Waals surface area contributed by atoms with Gasteiger partial charge in [0.2, 0.25) is 5.91 Å². The van der Waals surface area contributed by atoms with Crippen LogP contribution in [-0.2, 0) is 20.9 Å². The molecule has 2 heterocycles. The molecule has 1 amide bonds. The molecule has 1 N–H and O–H groups in total. The second-order valence-corrected chi connectivity index (χ2v) is 6.98. The molecular formula is C18H17ClN2O3S. The Morgan fingerprint density at radius 2 is 2.16 bits per heavy atom. The normalized spacial score (nSPS) is 12.1. The van der Waals surface area contributed by atoms with Crippen molar-refractivity contribution in [3.63, 3.8) is 0 Å². The van der Waals surface area contributed by atoms with Gasteiger partial charge in [-0.05, 0) is 35.0 Å². The van der Waals surface area contributed by atoms with Crippen molar-refractivity contribution in [2.24, 2.45) is 0 Å². The number of ether oxygens (including phenoxy) is 1. The first-order valence-corrected chi connectivity index (χ1v) is 8.96. The lowest BCUT2D eigenvalue weighted by Crippen LogP contribution is -2.32. The fraction of sp³-hybridized carbons (Fsp3) is 0.222. The van der Waals surface area contributed by atoms with E-state index in [1.807, 2.05) is 52.5 Å². The number of benzene rings is 1. The highest BCUT2D eigenvalue weighted by Crippen LogP contribution is 2.23. The first-order chi connectivity index (χ1) is 12.1. The fourth-order valence-electron chi connectivity index (χ4n) is 2.65. The van der Waals surface area contributed by atoms with E-state index in [2.05, 4.69) is 5.32 Å². The van der Waals surface area contributed by atoms with Crippen molar-refractivity contribution >= 4 is 45.7 Å². The van der Waals surface area contributed by atoms with Crippen molar-refractivity contribution < 1.29 is 14.3 Å². The summed E-state index contributed by atoms with van der Waals surface area (Å²) >= 11 is 7.54. The second kappa shape index (κ2) is 7.72. The summed E-state index contributed by atoms with van der Waals surface area (Å²) in [6.07, 6.45) is 1.95. The van der Waals surface area contributed by atoms with Gasteiger partial charge in [-0.15, -0.1) is 11.3 Å².